The van der Waals surface area contributed by atoms with E-state index in [4.69, 9.17) is 9.47 Å². The van der Waals surface area contributed by atoms with Crippen LogP contribution in [0.15, 0.2) is 77.7 Å². The van der Waals surface area contributed by atoms with Gasteiger partial charge in [-0.15, -0.1) is 0 Å². The number of aryl methyl sites for hydroxylation is 1. The Morgan fingerprint density at radius 1 is 0.862 bits per heavy atom. The molecule has 0 fully saturated rings. The van der Waals surface area contributed by atoms with Crippen LogP contribution in [0.3, 0.4) is 0 Å². The van der Waals surface area contributed by atoms with Crippen LogP contribution in [0.1, 0.15) is 18.1 Å². The molecule has 29 heavy (non-hydrogen) atoms. The molecule has 0 aliphatic carbocycles. The van der Waals surface area contributed by atoms with E-state index < -0.39 is 10.0 Å². The monoisotopic (exact) mass is 411 g/mol. The lowest BCUT2D eigenvalue weighted by Crippen LogP contribution is -2.30. The van der Waals surface area contributed by atoms with Crippen LogP contribution in [0.5, 0.6) is 11.5 Å². The van der Waals surface area contributed by atoms with Crippen LogP contribution >= 0.6 is 0 Å². The first kappa shape index (κ1) is 20.7. The molecule has 0 unspecified atom stereocenters. The van der Waals surface area contributed by atoms with Crippen LogP contribution in [0, 0.1) is 6.92 Å². The van der Waals surface area contributed by atoms with E-state index >= 15 is 0 Å². The van der Waals surface area contributed by atoms with Crippen molar-refractivity contribution in [3.63, 3.8) is 0 Å². The highest BCUT2D eigenvalue weighted by atomic mass is 32.2. The molecule has 0 aliphatic rings. The van der Waals surface area contributed by atoms with Crippen molar-refractivity contribution in [3.8, 4) is 11.5 Å². The maximum Gasteiger partial charge on any atom is 0.264 e. The first-order chi connectivity index (χ1) is 14.0. The number of sulfonamides is 1. The second-order valence-electron chi connectivity index (χ2n) is 6.54. The number of nitrogens with zero attached hydrogens (tertiary/aromatic N) is 1. The number of hydrogen-bond donors (Lipinski definition) is 0. The third-order valence-electron chi connectivity index (χ3n) is 4.66. The van der Waals surface area contributed by atoms with Crippen LogP contribution < -0.4 is 13.8 Å². The molecule has 3 aromatic carbocycles. The first-order valence-electron chi connectivity index (χ1n) is 9.40. The van der Waals surface area contributed by atoms with Gasteiger partial charge in [0, 0.05) is 0 Å². The number of rotatable bonds is 8. The minimum absolute atomic E-state index is 0.209. The summed E-state index contributed by atoms with van der Waals surface area (Å²) < 4.78 is 39.1. The average molecular weight is 412 g/mol. The Bertz CT molecular complexity index is 1040. The van der Waals surface area contributed by atoms with Gasteiger partial charge in [0.05, 0.1) is 30.8 Å². The molecule has 0 amide bonds. The standard InChI is InChI=1S/C23H25NO4S/c1-4-28-22-11-9-20(10-12-22)24(17-19-8-6-5-7-18(19)2)29(25,26)23-15-13-21(27-3)14-16-23/h5-16H,4,17H2,1-3H3. The van der Waals surface area contributed by atoms with Crippen molar-refractivity contribution in [1.82, 2.24) is 0 Å². The Morgan fingerprint density at radius 3 is 2.07 bits per heavy atom. The van der Waals surface area contributed by atoms with Gasteiger partial charge in [-0.1, -0.05) is 24.3 Å². The van der Waals surface area contributed by atoms with Crippen molar-refractivity contribution in [2.75, 3.05) is 18.0 Å². The third-order valence-corrected chi connectivity index (χ3v) is 6.45. The highest BCUT2D eigenvalue weighted by Crippen LogP contribution is 2.29. The van der Waals surface area contributed by atoms with Gasteiger partial charge < -0.3 is 9.47 Å². The summed E-state index contributed by atoms with van der Waals surface area (Å²) in [6, 6.07) is 21.3. The molecular weight excluding hydrogens is 386 g/mol. The summed E-state index contributed by atoms with van der Waals surface area (Å²) >= 11 is 0. The molecule has 0 aromatic heterocycles. The van der Waals surface area contributed by atoms with Gasteiger partial charge in [0.2, 0.25) is 0 Å². The molecule has 0 bridgehead atoms. The molecule has 0 heterocycles. The number of methoxy groups -OCH3 is 1. The highest BCUT2D eigenvalue weighted by molar-refractivity contribution is 7.92. The topological polar surface area (TPSA) is 55.8 Å². The van der Waals surface area contributed by atoms with E-state index in [1.54, 1.807) is 55.6 Å². The van der Waals surface area contributed by atoms with Gasteiger partial charge in [0.25, 0.3) is 10.0 Å². The second-order valence-corrected chi connectivity index (χ2v) is 8.40. The van der Waals surface area contributed by atoms with Gasteiger partial charge in [0.15, 0.2) is 0 Å². The predicted molar refractivity (Wildman–Crippen MR) is 115 cm³/mol. The lowest BCUT2D eigenvalue weighted by Gasteiger charge is -2.25. The third kappa shape index (κ3) is 4.71. The highest BCUT2D eigenvalue weighted by Gasteiger charge is 2.26. The summed E-state index contributed by atoms with van der Waals surface area (Å²) in [5, 5.41) is 0. The fraction of sp³-hybridized carbons (Fsp3) is 0.217. The summed E-state index contributed by atoms with van der Waals surface area (Å²) in [5.74, 6) is 1.31. The predicted octanol–water partition coefficient (Wildman–Crippen LogP) is 4.80. The maximum absolute atomic E-state index is 13.5. The van der Waals surface area contributed by atoms with E-state index in [-0.39, 0.29) is 11.4 Å². The molecule has 5 nitrogen and oxygen atoms in total. The van der Waals surface area contributed by atoms with Crippen LogP contribution in [-0.4, -0.2) is 22.1 Å². The summed E-state index contributed by atoms with van der Waals surface area (Å²) in [6.07, 6.45) is 0. The van der Waals surface area contributed by atoms with E-state index in [0.717, 1.165) is 11.1 Å². The van der Waals surface area contributed by atoms with Crippen molar-refractivity contribution in [2.24, 2.45) is 0 Å². The van der Waals surface area contributed by atoms with Gasteiger partial charge in [0.1, 0.15) is 11.5 Å². The van der Waals surface area contributed by atoms with Gasteiger partial charge in [-0.3, -0.25) is 4.31 Å². The Hall–Kier alpha value is -2.99. The molecule has 3 rings (SSSR count). The lowest BCUT2D eigenvalue weighted by atomic mass is 10.1. The molecule has 0 saturated heterocycles. The number of benzene rings is 3. The zero-order valence-electron chi connectivity index (χ0n) is 16.8. The van der Waals surface area contributed by atoms with E-state index in [0.29, 0.717) is 23.8 Å². The molecule has 152 valence electrons. The van der Waals surface area contributed by atoms with Crippen LogP contribution in [0.2, 0.25) is 0 Å². The maximum atomic E-state index is 13.5. The van der Waals surface area contributed by atoms with Gasteiger partial charge in [-0.25, -0.2) is 8.42 Å². The van der Waals surface area contributed by atoms with E-state index in [1.807, 2.05) is 38.1 Å². The minimum atomic E-state index is -3.78. The average Bonchev–Trinajstić information content (AvgIpc) is 2.74. The molecule has 0 aliphatic heterocycles. The molecule has 3 aromatic rings. The van der Waals surface area contributed by atoms with Crippen molar-refractivity contribution >= 4 is 15.7 Å². The molecule has 6 heteroatoms. The summed E-state index contributed by atoms with van der Waals surface area (Å²) in [5.41, 5.74) is 2.55. The second kappa shape index (κ2) is 9.01. The molecule has 0 saturated carbocycles. The fourth-order valence-corrected chi connectivity index (χ4v) is 4.45. The van der Waals surface area contributed by atoms with Crippen LogP contribution in [0.4, 0.5) is 5.69 Å². The minimum Gasteiger partial charge on any atom is -0.497 e. The Labute approximate surface area is 172 Å². The SMILES string of the molecule is CCOc1ccc(N(Cc2ccccc2C)S(=O)(=O)c2ccc(OC)cc2)cc1. The molecule has 0 N–H and O–H groups in total. The normalized spacial score (nSPS) is 11.1. The Balaban J connectivity index is 2.04. The van der Waals surface area contributed by atoms with Gasteiger partial charge >= 0.3 is 0 Å². The molecule has 0 spiro atoms. The van der Waals surface area contributed by atoms with Crippen molar-refractivity contribution in [3.05, 3.63) is 83.9 Å². The summed E-state index contributed by atoms with van der Waals surface area (Å²) in [4.78, 5) is 0.209. The smallest absolute Gasteiger partial charge is 0.264 e. The molecule has 0 atom stereocenters. The van der Waals surface area contributed by atoms with Crippen molar-refractivity contribution < 1.29 is 17.9 Å². The quantitative estimate of drug-likeness (QED) is 0.534. The zero-order chi connectivity index (χ0) is 20.9. The Morgan fingerprint density at radius 2 is 1.48 bits per heavy atom. The number of ether oxygens (including phenoxy) is 2. The van der Waals surface area contributed by atoms with Crippen molar-refractivity contribution in [2.45, 2.75) is 25.3 Å². The number of anilines is 1. The van der Waals surface area contributed by atoms with Crippen LogP contribution in [-0.2, 0) is 16.6 Å². The molecule has 0 radical (unpaired) electrons. The van der Waals surface area contributed by atoms with E-state index in [1.165, 1.54) is 4.31 Å². The van der Waals surface area contributed by atoms with E-state index in [2.05, 4.69) is 0 Å². The summed E-state index contributed by atoms with van der Waals surface area (Å²) in [6.45, 7) is 4.67. The van der Waals surface area contributed by atoms with Gasteiger partial charge in [-0.2, -0.15) is 0 Å². The van der Waals surface area contributed by atoms with Crippen LogP contribution in [0.25, 0.3) is 0 Å². The fourth-order valence-electron chi connectivity index (χ4n) is 3.01. The van der Waals surface area contributed by atoms with E-state index in [9.17, 15) is 8.42 Å². The zero-order valence-corrected chi connectivity index (χ0v) is 17.6. The summed E-state index contributed by atoms with van der Waals surface area (Å²) in [7, 11) is -2.23. The number of hydrogen-bond acceptors (Lipinski definition) is 4. The van der Waals surface area contributed by atoms with Crippen molar-refractivity contribution in [1.29, 1.82) is 0 Å². The van der Waals surface area contributed by atoms with Gasteiger partial charge in [-0.05, 0) is 73.5 Å². The largest absolute Gasteiger partial charge is 0.497 e. The lowest BCUT2D eigenvalue weighted by molar-refractivity contribution is 0.340. The molecular formula is C23H25NO4S. The Kier molecular flexibility index (Phi) is 6.44. The first-order valence-corrected chi connectivity index (χ1v) is 10.8.